The molecule has 0 saturated heterocycles. The Morgan fingerprint density at radius 2 is 1.95 bits per heavy atom. The summed E-state index contributed by atoms with van der Waals surface area (Å²) < 4.78 is 0. The SMILES string of the molecule is C=C(Cc1ccc(/C(C)=C\CC)cc1)C1=CCCC=C1. The van der Waals surface area contributed by atoms with Gasteiger partial charge in [-0.2, -0.15) is 0 Å². The second-order valence-corrected chi connectivity index (χ2v) is 5.41. The van der Waals surface area contributed by atoms with Crippen molar-refractivity contribution in [3.8, 4) is 0 Å². The van der Waals surface area contributed by atoms with E-state index < -0.39 is 0 Å². The first-order chi connectivity index (χ1) is 9.70. The van der Waals surface area contributed by atoms with Gasteiger partial charge < -0.3 is 0 Å². The Labute approximate surface area is 123 Å². The molecule has 0 nitrogen and oxygen atoms in total. The van der Waals surface area contributed by atoms with Crippen LogP contribution in [0.15, 0.2) is 66.3 Å². The summed E-state index contributed by atoms with van der Waals surface area (Å²) in [4.78, 5) is 0. The van der Waals surface area contributed by atoms with Gasteiger partial charge in [-0.1, -0.05) is 62.1 Å². The van der Waals surface area contributed by atoms with Gasteiger partial charge >= 0.3 is 0 Å². The molecule has 0 heterocycles. The Balaban J connectivity index is 2.04. The summed E-state index contributed by atoms with van der Waals surface area (Å²) in [5.74, 6) is 0. The Bertz CT molecular complexity index is 550. The number of allylic oxidation sites excluding steroid dienone is 7. The van der Waals surface area contributed by atoms with Crippen molar-refractivity contribution in [3.63, 3.8) is 0 Å². The number of hydrogen-bond acceptors (Lipinski definition) is 0. The molecule has 2 rings (SSSR count). The van der Waals surface area contributed by atoms with Crippen LogP contribution in [0, 0.1) is 0 Å². The summed E-state index contributed by atoms with van der Waals surface area (Å²) in [5, 5.41) is 0. The summed E-state index contributed by atoms with van der Waals surface area (Å²) >= 11 is 0. The van der Waals surface area contributed by atoms with Crippen molar-refractivity contribution in [2.45, 2.75) is 39.5 Å². The second kappa shape index (κ2) is 7.09. The van der Waals surface area contributed by atoms with Crippen molar-refractivity contribution in [3.05, 3.63) is 77.4 Å². The Morgan fingerprint density at radius 1 is 1.20 bits per heavy atom. The van der Waals surface area contributed by atoms with E-state index in [2.05, 4.69) is 69.0 Å². The highest BCUT2D eigenvalue weighted by molar-refractivity contribution is 5.63. The molecule has 1 aliphatic rings. The minimum Gasteiger partial charge on any atom is -0.0949 e. The van der Waals surface area contributed by atoms with E-state index in [0.29, 0.717) is 0 Å². The van der Waals surface area contributed by atoms with Crippen LogP contribution in [0.3, 0.4) is 0 Å². The largest absolute Gasteiger partial charge is 0.0949 e. The first-order valence-electron chi connectivity index (χ1n) is 7.51. The third-order valence-electron chi connectivity index (χ3n) is 3.74. The molecule has 0 atom stereocenters. The second-order valence-electron chi connectivity index (χ2n) is 5.41. The van der Waals surface area contributed by atoms with Gasteiger partial charge in [-0.15, -0.1) is 0 Å². The Hall–Kier alpha value is -1.82. The predicted octanol–water partition coefficient (Wildman–Crippen LogP) is 5.88. The lowest BCUT2D eigenvalue weighted by molar-refractivity contribution is 1.01. The minimum atomic E-state index is 0.937. The van der Waals surface area contributed by atoms with Crippen LogP contribution in [0.5, 0.6) is 0 Å². The van der Waals surface area contributed by atoms with E-state index in [1.54, 1.807) is 0 Å². The monoisotopic (exact) mass is 264 g/mol. The van der Waals surface area contributed by atoms with Crippen LogP contribution >= 0.6 is 0 Å². The molecule has 0 bridgehead atoms. The molecule has 0 fully saturated rings. The summed E-state index contributed by atoms with van der Waals surface area (Å²) in [6.07, 6.45) is 13.3. The molecule has 104 valence electrons. The van der Waals surface area contributed by atoms with E-state index in [9.17, 15) is 0 Å². The normalized spacial score (nSPS) is 15.1. The molecule has 0 saturated carbocycles. The van der Waals surface area contributed by atoms with Crippen LogP contribution in [0.2, 0.25) is 0 Å². The van der Waals surface area contributed by atoms with Gasteiger partial charge in [0.1, 0.15) is 0 Å². The van der Waals surface area contributed by atoms with Gasteiger partial charge in [0, 0.05) is 0 Å². The highest BCUT2D eigenvalue weighted by Gasteiger charge is 2.04. The molecule has 0 N–H and O–H groups in total. The molecule has 0 heteroatoms. The number of benzene rings is 1. The van der Waals surface area contributed by atoms with Crippen molar-refractivity contribution in [2.24, 2.45) is 0 Å². The molecule has 0 unspecified atom stereocenters. The zero-order valence-electron chi connectivity index (χ0n) is 12.7. The lowest BCUT2D eigenvalue weighted by atomic mass is 9.94. The smallest absolute Gasteiger partial charge is 0.00258 e. The van der Waals surface area contributed by atoms with E-state index in [4.69, 9.17) is 0 Å². The van der Waals surface area contributed by atoms with Crippen molar-refractivity contribution in [2.75, 3.05) is 0 Å². The molecule has 0 amide bonds. The third-order valence-corrected chi connectivity index (χ3v) is 3.74. The highest BCUT2D eigenvalue weighted by atomic mass is 14.1. The van der Waals surface area contributed by atoms with Gasteiger partial charge in [0.25, 0.3) is 0 Å². The van der Waals surface area contributed by atoms with Gasteiger partial charge in [0.15, 0.2) is 0 Å². The van der Waals surface area contributed by atoms with Crippen LogP contribution in [0.25, 0.3) is 5.57 Å². The van der Waals surface area contributed by atoms with Gasteiger partial charge in [-0.05, 0) is 60.5 Å². The Morgan fingerprint density at radius 3 is 2.55 bits per heavy atom. The van der Waals surface area contributed by atoms with Crippen molar-refractivity contribution >= 4 is 5.57 Å². The quantitative estimate of drug-likeness (QED) is 0.623. The number of rotatable bonds is 5. The zero-order chi connectivity index (χ0) is 14.4. The minimum absolute atomic E-state index is 0.937. The fourth-order valence-corrected chi connectivity index (χ4v) is 2.53. The highest BCUT2D eigenvalue weighted by Crippen LogP contribution is 2.22. The van der Waals surface area contributed by atoms with Crippen molar-refractivity contribution in [1.82, 2.24) is 0 Å². The number of hydrogen-bond donors (Lipinski definition) is 0. The van der Waals surface area contributed by atoms with E-state index >= 15 is 0 Å². The molecule has 0 aromatic heterocycles. The maximum atomic E-state index is 4.23. The van der Waals surface area contributed by atoms with Crippen LogP contribution < -0.4 is 0 Å². The molecule has 1 aromatic carbocycles. The predicted molar refractivity (Wildman–Crippen MR) is 89.7 cm³/mol. The van der Waals surface area contributed by atoms with Crippen LogP contribution in [0.4, 0.5) is 0 Å². The molecule has 1 aliphatic carbocycles. The van der Waals surface area contributed by atoms with E-state index in [0.717, 1.165) is 25.7 Å². The van der Waals surface area contributed by atoms with Crippen LogP contribution in [0.1, 0.15) is 44.2 Å². The third kappa shape index (κ3) is 3.84. The molecular formula is C20H24. The summed E-state index contributed by atoms with van der Waals surface area (Å²) in [5.41, 5.74) is 6.54. The molecule has 0 radical (unpaired) electrons. The summed E-state index contributed by atoms with van der Waals surface area (Å²) in [6, 6.07) is 8.88. The van der Waals surface area contributed by atoms with Gasteiger partial charge in [-0.3, -0.25) is 0 Å². The Kier molecular flexibility index (Phi) is 5.17. The first-order valence-corrected chi connectivity index (χ1v) is 7.51. The van der Waals surface area contributed by atoms with Gasteiger partial charge in [-0.25, -0.2) is 0 Å². The van der Waals surface area contributed by atoms with Gasteiger partial charge in [0.05, 0.1) is 0 Å². The summed E-state index contributed by atoms with van der Waals surface area (Å²) in [6.45, 7) is 8.58. The maximum absolute atomic E-state index is 4.23. The maximum Gasteiger partial charge on any atom is -0.00258 e. The first kappa shape index (κ1) is 14.6. The lowest BCUT2D eigenvalue weighted by Crippen LogP contribution is -1.94. The standard InChI is InChI=1S/C20H24/c1-4-8-16(2)20-13-11-18(12-14-20)15-17(3)19-9-6-5-7-10-19/h6,8-14H,3-5,7,15H2,1-2H3/b16-8-. The molecule has 1 aromatic rings. The van der Waals surface area contributed by atoms with E-state index in [1.807, 2.05) is 0 Å². The molecule has 0 spiro atoms. The van der Waals surface area contributed by atoms with Crippen molar-refractivity contribution < 1.29 is 0 Å². The zero-order valence-corrected chi connectivity index (χ0v) is 12.7. The van der Waals surface area contributed by atoms with E-state index in [-0.39, 0.29) is 0 Å². The average Bonchev–Trinajstić information content (AvgIpc) is 2.49. The van der Waals surface area contributed by atoms with Crippen LogP contribution in [-0.2, 0) is 6.42 Å². The van der Waals surface area contributed by atoms with Gasteiger partial charge in [0.2, 0.25) is 0 Å². The average molecular weight is 264 g/mol. The topological polar surface area (TPSA) is 0 Å². The van der Waals surface area contributed by atoms with Crippen LogP contribution in [-0.4, -0.2) is 0 Å². The van der Waals surface area contributed by atoms with Crippen molar-refractivity contribution in [1.29, 1.82) is 0 Å². The molecule has 20 heavy (non-hydrogen) atoms. The van der Waals surface area contributed by atoms with E-state index in [1.165, 1.54) is 27.8 Å². The molecule has 0 aliphatic heterocycles. The summed E-state index contributed by atoms with van der Waals surface area (Å²) in [7, 11) is 0. The fraction of sp³-hybridized carbons (Fsp3) is 0.300. The lowest BCUT2D eigenvalue weighted by Gasteiger charge is -2.11. The molecular weight excluding hydrogens is 240 g/mol. The fourth-order valence-electron chi connectivity index (χ4n) is 2.53.